The van der Waals surface area contributed by atoms with Gasteiger partial charge in [-0.2, -0.15) is 0 Å². The van der Waals surface area contributed by atoms with Crippen LogP contribution in [0.5, 0.6) is 11.5 Å². The molecule has 2 N–H and O–H groups in total. The molecule has 0 heterocycles. The van der Waals surface area contributed by atoms with Crippen molar-refractivity contribution in [1.29, 1.82) is 0 Å². The van der Waals surface area contributed by atoms with Gasteiger partial charge in [-0.25, -0.2) is 0 Å². The van der Waals surface area contributed by atoms with Gasteiger partial charge in [-0.1, -0.05) is 12.1 Å². The number of hydrogen-bond donors (Lipinski definition) is 2. The van der Waals surface area contributed by atoms with Crippen LogP contribution in [-0.4, -0.2) is 29.7 Å². The summed E-state index contributed by atoms with van der Waals surface area (Å²) in [5.41, 5.74) is 0.782. The van der Waals surface area contributed by atoms with Crippen molar-refractivity contribution in [2.24, 2.45) is 0 Å². The molecule has 0 bridgehead atoms. The minimum atomic E-state index is -0.132. The summed E-state index contributed by atoms with van der Waals surface area (Å²) < 4.78 is 10.9. The van der Waals surface area contributed by atoms with E-state index in [1.165, 1.54) is 6.07 Å². The zero-order valence-corrected chi connectivity index (χ0v) is 11.8. The van der Waals surface area contributed by atoms with Gasteiger partial charge in [-0.15, -0.1) is 0 Å². The van der Waals surface area contributed by atoms with Crippen LogP contribution in [0.25, 0.3) is 0 Å². The molecule has 0 amide bonds. The van der Waals surface area contributed by atoms with Gasteiger partial charge in [0.05, 0.1) is 0 Å². The van der Waals surface area contributed by atoms with Crippen LogP contribution in [0, 0.1) is 0 Å². The summed E-state index contributed by atoms with van der Waals surface area (Å²) in [6, 6.07) is 5.06. The van der Waals surface area contributed by atoms with E-state index in [0.717, 1.165) is 31.2 Å². The molecule has 4 heteroatoms. The van der Waals surface area contributed by atoms with Gasteiger partial charge in [0.15, 0.2) is 17.8 Å². The molecular formula is C15H24O4. The van der Waals surface area contributed by atoms with E-state index in [2.05, 4.69) is 0 Å². The van der Waals surface area contributed by atoms with Crippen molar-refractivity contribution in [3.05, 3.63) is 23.8 Å². The molecule has 0 atom stereocenters. The Morgan fingerprint density at radius 1 is 1.05 bits per heavy atom. The number of phenols is 2. The first kappa shape index (κ1) is 15.8. The number of para-hydroxylation sites is 1. The van der Waals surface area contributed by atoms with Gasteiger partial charge in [-0.05, 0) is 51.2 Å². The fraction of sp³-hybridized carbons (Fsp3) is 0.600. The highest BCUT2D eigenvalue weighted by Crippen LogP contribution is 2.29. The van der Waals surface area contributed by atoms with Crippen LogP contribution in [0.2, 0.25) is 0 Å². The third-order valence-corrected chi connectivity index (χ3v) is 2.94. The average Bonchev–Trinajstić information content (AvgIpc) is 2.39. The Balaban J connectivity index is 2.31. The largest absolute Gasteiger partial charge is 0.504 e. The van der Waals surface area contributed by atoms with E-state index >= 15 is 0 Å². The van der Waals surface area contributed by atoms with Crippen LogP contribution in [-0.2, 0) is 15.9 Å². The molecule has 0 saturated heterocycles. The lowest BCUT2D eigenvalue weighted by Crippen LogP contribution is -2.17. The molecule has 0 aliphatic carbocycles. The SMILES string of the molecule is CCOC(CCCCc1cccc(O)c1O)OCC. The van der Waals surface area contributed by atoms with Gasteiger partial charge in [0.25, 0.3) is 0 Å². The Hall–Kier alpha value is -1.26. The molecule has 0 unspecified atom stereocenters. The molecule has 19 heavy (non-hydrogen) atoms. The predicted molar refractivity (Wildman–Crippen MR) is 74.4 cm³/mol. The summed E-state index contributed by atoms with van der Waals surface area (Å²) in [6.07, 6.45) is 3.34. The first-order valence-electron chi connectivity index (χ1n) is 6.92. The Labute approximate surface area is 115 Å². The lowest BCUT2D eigenvalue weighted by atomic mass is 10.1. The van der Waals surface area contributed by atoms with Crippen molar-refractivity contribution in [2.75, 3.05) is 13.2 Å². The van der Waals surface area contributed by atoms with Crippen LogP contribution >= 0.6 is 0 Å². The molecule has 0 aromatic heterocycles. The number of aromatic hydroxyl groups is 2. The molecule has 0 aliphatic heterocycles. The van der Waals surface area contributed by atoms with Crippen LogP contribution in [0.3, 0.4) is 0 Å². The van der Waals surface area contributed by atoms with Crippen molar-refractivity contribution in [1.82, 2.24) is 0 Å². The number of hydrogen-bond acceptors (Lipinski definition) is 4. The van der Waals surface area contributed by atoms with Crippen molar-refractivity contribution in [3.8, 4) is 11.5 Å². The fourth-order valence-corrected chi connectivity index (χ4v) is 1.99. The number of aryl methyl sites for hydroxylation is 1. The Morgan fingerprint density at radius 2 is 1.74 bits per heavy atom. The third kappa shape index (κ3) is 5.49. The summed E-state index contributed by atoms with van der Waals surface area (Å²) >= 11 is 0. The second-order valence-corrected chi connectivity index (χ2v) is 4.37. The molecule has 4 nitrogen and oxygen atoms in total. The van der Waals surface area contributed by atoms with Crippen LogP contribution < -0.4 is 0 Å². The van der Waals surface area contributed by atoms with E-state index in [4.69, 9.17) is 9.47 Å². The second-order valence-electron chi connectivity index (χ2n) is 4.37. The number of phenolic OH excluding ortho intramolecular Hbond substituents is 2. The van der Waals surface area contributed by atoms with Gasteiger partial charge in [-0.3, -0.25) is 0 Å². The van der Waals surface area contributed by atoms with Gasteiger partial charge in [0.2, 0.25) is 0 Å². The number of unbranched alkanes of at least 4 members (excludes halogenated alkanes) is 1. The summed E-state index contributed by atoms with van der Waals surface area (Å²) in [5.74, 6) is -0.0623. The average molecular weight is 268 g/mol. The molecule has 0 spiro atoms. The molecule has 0 saturated carbocycles. The number of ether oxygens (including phenoxy) is 2. The van der Waals surface area contributed by atoms with Crippen molar-refractivity contribution in [2.45, 2.75) is 45.8 Å². The monoisotopic (exact) mass is 268 g/mol. The summed E-state index contributed by atoms with van der Waals surface area (Å²) in [4.78, 5) is 0. The van der Waals surface area contributed by atoms with E-state index in [-0.39, 0.29) is 17.8 Å². The zero-order valence-electron chi connectivity index (χ0n) is 11.8. The fourth-order valence-electron chi connectivity index (χ4n) is 1.99. The van der Waals surface area contributed by atoms with Gasteiger partial charge in [0.1, 0.15) is 0 Å². The van der Waals surface area contributed by atoms with E-state index in [1.807, 2.05) is 19.9 Å². The van der Waals surface area contributed by atoms with Crippen LogP contribution in [0.15, 0.2) is 18.2 Å². The van der Waals surface area contributed by atoms with Crippen molar-refractivity contribution in [3.63, 3.8) is 0 Å². The molecule has 1 aromatic rings. The summed E-state index contributed by atoms with van der Waals surface area (Å²) in [6.45, 7) is 5.21. The maximum absolute atomic E-state index is 9.68. The summed E-state index contributed by atoms with van der Waals surface area (Å²) in [5, 5.41) is 19.1. The molecule has 0 fully saturated rings. The molecule has 1 rings (SSSR count). The molecule has 1 aromatic carbocycles. The lowest BCUT2D eigenvalue weighted by molar-refractivity contribution is -0.140. The molecule has 108 valence electrons. The molecule has 0 radical (unpaired) electrons. The standard InChI is InChI=1S/C15H24O4/c1-3-18-14(19-4-2)11-6-5-8-12-9-7-10-13(16)15(12)17/h7,9-10,14,16-17H,3-6,8,11H2,1-2H3. The number of rotatable bonds is 9. The topological polar surface area (TPSA) is 58.9 Å². The number of benzene rings is 1. The van der Waals surface area contributed by atoms with E-state index < -0.39 is 0 Å². The lowest BCUT2D eigenvalue weighted by Gasteiger charge is -2.16. The Morgan fingerprint density at radius 3 is 2.37 bits per heavy atom. The minimum absolute atomic E-state index is 0.00586. The Kier molecular flexibility index (Phi) is 7.30. The Bertz CT molecular complexity index is 359. The van der Waals surface area contributed by atoms with E-state index in [0.29, 0.717) is 13.2 Å². The van der Waals surface area contributed by atoms with Crippen LogP contribution in [0.4, 0.5) is 0 Å². The highest BCUT2D eigenvalue weighted by atomic mass is 16.7. The summed E-state index contributed by atoms with van der Waals surface area (Å²) in [7, 11) is 0. The van der Waals surface area contributed by atoms with Gasteiger partial charge in [0, 0.05) is 13.2 Å². The zero-order chi connectivity index (χ0) is 14.1. The first-order valence-corrected chi connectivity index (χ1v) is 6.92. The second kappa shape index (κ2) is 8.77. The maximum Gasteiger partial charge on any atom is 0.160 e. The quantitative estimate of drug-likeness (QED) is 0.410. The van der Waals surface area contributed by atoms with Crippen molar-refractivity contribution < 1.29 is 19.7 Å². The van der Waals surface area contributed by atoms with Crippen molar-refractivity contribution >= 4 is 0 Å². The molecular weight excluding hydrogens is 244 g/mol. The van der Waals surface area contributed by atoms with E-state index in [9.17, 15) is 10.2 Å². The predicted octanol–water partition coefficient (Wildman–Crippen LogP) is 3.21. The smallest absolute Gasteiger partial charge is 0.160 e. The van der Waals surface area contributed by atoms with Crippen LogP contribution in [0.1, 0.15) is 38.7 Å². The van der Waals surface area contributed by atoms with E-state index in [1.54, 1.807) is 6.07 Å². The highest BCUT2D eigenvalue weighted by Gasteiger charge is 2.09. The maximum atomic E-state index is 9.68. The first-order chi connectivity index (χ1) is 9.19. The van der Waals surface area contributed by atoms with Gasteiger partial charge < -0.3 is 19.7 Å². The third-order valence-electron chi connectivity index (χ3n) is 2.94. The normalized spacial score (nSPS) is 11.1. The van der Waals surface area contributed by atoms with Gasteiger partial charge >= 0.3 is 0 Å². The minimum Gasteiger partial charge on any atom is -0.504 e. The highest BCUT2D eigenvalue weighted by molar-refractivity contribution is 5.44. The molecule has 0 aliphatic rings.